The Labute approximate surface area is 287 Å². The molecule has 0 saturated heterocycles. The molecule has 1 aliphatic carbocycles. The Kier molecular flexibility index (Phi) is 11.3. The molecule has 0 aliphatic heterocycles. The number of carboxylic acid groups (broad SMARTS) is 1. The minimum absolute atomic E-state index is 0. The van der Waals surface area contributed by atoms with Crippen LogP contribution in [-0.2, 0) is 16.8 Å². The van der Waals surface area contributed by atoms with E-state index >= 15 is 0 Å². The van der Waals surface area contributed by atoms with Crippen molar-refractivity contribution in [2.24, 2.45) is 5.41 Å². The Morgan fingerprint density at radius 3 is 2.62 bits per heavy atom. The van der Waals surface area contributed by atoms with E-state index in [1.54, 1.807) is 0 Å². The second kappa shape index (κ2) is 14.2. The van der Waals surface area contributed by atoms with E-state index in [0.717, 1.165) is 58.5 Å². The van der Waals surface area contributed by atoms with Gasteiger partial charge >= 0.3 is 29.6 Å². The summed E-state index contributed by atoms with van der Waals surface area (Å²) < 4.78 is 1.50. The molecule has 0 radical (unpaired) electrons. The monoisotopic (exact) mass is 647 g/mol. The van der Waals surface area contributed by atoms with Gasteiger partial charge in [-0.15, -0.1) is 11.3 Å². The van der Waals surface area contributed by atoms with Crippen molar-refractivity contribution in [3.8, 4) is 0 Å². The van der Waals surface area contributed by atoms with Gasteiger partial charge in [0.25, 0.3) is 0 Å². The van der Waals surface area contributed by atoms with E-state index < -0.39 is 11.6 Å². The summed E-state index contributed by atoms with van der Waals surface area (Å²) in [5, 5.41) is 22.7. The summed E-state index contributed by atoms with van der Waals surface area (Å²) in [4.78, 5) is 16.0. The van der Waals surface area contributed by atoms with Gasteiger partial charge in [-0.25, -0.2) is 4.98 Å². The van der Waals surface area contributed by atoms with Gasteiger partial charge in [0.1, 0.15) is 9.85 Å². The van der Waals surface area contributed by atoms with Gasteiger partial charge in [-0.1, -0.05) is 77.8 Å². The van der Waals surface area contributed by atoms with Crippen LogP contribution >= 0.6 is 46.3 Å². The van der Waals surface area contributed by atoms with E-state index in [0.29, 0.717) is 14.9 Å². The maximum atomic E-state index is 11.4. The molecular formula is C33H32Cl2NNaO3S2. The van der Waals surface area contributed by atoms with Gasteiger partial charge in [0.05, 0.1) is 21.0 Å². The fourth-order valence-electron chi connectivity index (χ4n) is 5.17. The third kappa shape index (κ3) is 8.42. The van der Waals surface area contributed by atoms with Gasteiger partial charge < -0.3 is 15.0 Å². The van der Waals surface area contributed by atoms with Crippen molar-refractivity contribution in [3.05, 3.63) is 98.0 Å². The van der Waals surface area contributed by atoms with Crippen LogP contribution in [0.15, 0.2) is 60.7 Å². The van der Waals surface area contributed by atoms with Crippen LogP contribution in [0, 0.1) is 5.41 Å². The largest absolute Gasteiger partial charge is 1.00 e. The molecule has 1 unspecified atom stereocenters. The normalized spacial score (nSPS) is 15.1. The van der Waals surface area contributed by atoms with Crippen molar-refractivity contribution in [2.75, 3.05) is 5.75 Å². The molecule has 42 heavy (non-hydrogen) atoms. The summed E-state index contributed by atoms with van der Waals surface area (Å²) in [6.07, 6.45) is 7.67. The van der Waals surface area contributed by atoms with Crippen LogP contribution in [0.2, 0.25) is 9.36 Å². The van der Waals surface area contributed by atoms with Crippen molar-refractivity contribution >= 4 is 74.6 Å². The number of rotatable bonds is 12. The number of halogens is 2. The van der Waals surface area contributed by atoms with Crippen LogP contribution in [0.4, 0.5) is 0 Å². The zero-order chi connectivity index (χ0) is 29.2. The standard InChI is InChI=1S/C33H33Cl2NO3S2.Na/c1-32(2,39)25-9-4-3-7-22(25)11-14-26(40-20-33(16-17-33)19-28(37)38)23-8-5-6-21(18-23)10-12-24-13-15-27-30(36-24)29(34)31(35)41-27;/h3-10,12-13,15,18,26,39H,11,14,16-17,19-20H2,1-2H3,(H,37,38);/q;+1/p-1/b12-10+;. The number of aromatic nitrogens is 1. The number of carboxylic acids is 1. The van der Waals surface area contributed by atoms with E-state index in [-0.39, 0.29) is 46.6 Å². The average molecular weight is 649 g/mol. The minimum Gasteiger partial charge on any atom is -0.550 e. The Bertz CT molecular complexity index is 1590. The first kappa shape index (κ1) is 33.5. The first-order chi connectivity index (χ1) is 19.5. The minimum atomic E-state index is -0.969. The first-order valence-electron chi connectivity index (χ1n) is 13.7. The summed E-state index contributed by atoms with van der Waals surface area (Å²) >= 11 is 15.8. The molecule has 5 rings (SSSR count). The van der Waals surface area contributed by atoms with Crippen molar-refractivity contribution in [2.45, 2.75) is 56.8 Å². The molecule has 1 N–H and O–H groups in total. The third-order valence-electron chi connectivity index (χ3n) is 7.61. The van der Waals surface area contributed by atoms with E-state index in [4.69, 9.17) is 23.2 Å². The van der Waals surface area contributed by atoms with E-state index in [2.05, 4.69) is 35.3 Å². The summed E-state index contributed by atoms with van der Waals surface area (Å²) in [5.41, 5.74) is 4.75. The molecule has 2 aromatic carbocycles. The Morgan fingerprint density at radius 2 is 1.90 bits per heavy atom. The predicted molar refractivity (Wildman–Crippen MR) is 172 cm³/mol. The molecule has 4 nitrogen and oxygen atoms in total. The molecule has 1 fully saturated rings. The van der Waals surface area contributed by atoms with Gasteiger partial charge in [-0.05, 0) is 97.6 Å². The van der Waals surface area contributed by atoms with Gasteiger partial charge in [0, 0.05) is 11.2 Å². The Balaban J connectivity index is 0.00000405. The summed E-state index contributed by atoms with van der Waals surface area (Å²) in [6.45, 7) is 3.64. The maximum absolute atomic E-state index is 11.4. The van der Waals surface area contributed by atoms with Crippen molar-refractivity contribution < 1.29 is 44.6 Å². The van der Waals surface area contributed by atoms with Crippen molar-refractivity contribution in [3.63, 3.8) is 0 Å². The smallest absolute Gasteiger partial charge is 0.550 e. The number of carbonyl (C=O) groups is 1. The number of fused-ring (bicyclic) bond motifs is 1. The number of pyridine rings is 1. The first-order valence-corrected chi connectivity index (χ1v) is 16.3. The second-order valence-corrected chi connectivity index (χ2v) is 14.6. The number of aliphatic carboxylic acids is 1. The number of nitrogens with zero attached hydrogens (tertiary/aromatic N) is 1. The fraction of sp³-hybridized carbons (Fsp3) is 0.333. The van der Waals surface area contributed by atoms with Gasteiger partial charge in [-0.3, -0.25) is 0 Å². The molecule has 1 atom stereocenters. The number of thioether (sulfide) groups is 1. The quantitative estimate of drug-likeness (QED) is 0.210. The molecule has 9 heteroatoms. The van der Waals surface area contributed by atoms with Gasteiger partial charge in [0.2, 0.25) is 0 Å². The SMILES string of the molecule is CC(C)(O)c1ccccc1CCC(SCC1(CC(=O)[O-])CC1)c1cccc(/C=C/c2ccc3sc(Cl)c(Cl)c3n2)c1.[Na+]. The number of hydrogen-bond acceptors (Lipinski definition) is 6. The summed E-state index contributed by atoms with van der Waals surface area (Å²) in [6, 6.07) is 20.5. The van der Waals surface area contributed by atoms with Crippen LogP contribution in [-0.4, -0.2) is 21.8 Å². The zero-order valence-corrected chi connectivity index (χ0v) is 29.2. The van der Waals surface area contributed by atoms with E-state index in [9.17, 15) is 15.0 Å². The molecule has 1 aliphatic rings. The zero-order valence-electron chi connectivity index (χ0n) is 24.0. The predicted octanol–water partition coefficient (Wildman–Crippen LogP) is 5.33. The fourth-order valence-corrected chi connectivity index (χ4v) is 8.16. The van der Waals surface area contributed by atoms with Crippen LogP contribution in [0.25, 0.3) is 22.4 Å². The molecule has 0 spiro atoms. The van der Waals surface area contributed by atoms with Crippen LogP contribution in [0.1, 0.15) is 72.7 Å². The Hall–Kier alpha value is -1.35. The number of thiophene rings is 1. The summed E-state index contributed by atoms with van der Waals surface area (Å²) in [7, 11) is 0. The second-order valence-electron chi connectivity index (χ2n) is 11.4. The van der Waals surface area contributed by atoms with Crippen LogP contribution in [0.5, 0.6) is 0 Å². The number of aryl methyl sites for hydroxylation is 1. The number of carbonyl (C=O) groups excluding carboxylic acids is 1. The third-order valence-corrected chi connectivity index (χ3v) is 11.2. The average Bonchev–Trinajstić information content (AvgIpc) is 3.63. The van der Waals surface area contributed by atoms with E-state index in [1.165, 1.54) is 16.9 Å². The molecule has 4 aromatic rings. The number of hydrogen-bond donors (Lipinski definition) is 1. The molecule has 214 valence electrons. The maximum Gasteiger partial charge on any atom is 1.00 e. The van der Waals surface area contributed by atoms with Crippen molar-refractivity contribution in [1.29, 1.82) is 0 Å². The Morgan fingerprint density at radius 1 is 1.14 bits per heavy atom. The molecule has 0 bridgehead atoms. The molecular weight excluding hydrogens is 616 g/mol. The van der Waals surface area contributed by atoms with Crippen LogP contribution < -0.4 is 34.7 Å². The molecule has 2 heterocycles. The number of benzene rings is 2. The topological polar surface area (TPSA) is 73.2 Å². The molecule has 1 saturated carbocycles. The van der Waals surface area contributed by atoms with E-state index in [1.807, 2.05) is 68.1 Å². The van der Waals surface area contributed by atoms with Crippen LogP contribution in [0.3, 0.4) is 0 Å². The van der Waals surface area contributed by atoms with Gasteiger partial charge in [-0.2, -0.15) is 11.8 Å². The molecule has 2 aromatic heterocycles. The summed E-state index contributed by atoms with van der Waals surface area (Å²) in [5.74, 6) is -0.184. The molecule has 0 amide bonds. The number of aliphatic hydroxyl groups is 1. The van der Waals surface area contributed by atoms with Gasteiger partial charge in [0.15, 0.2) is 0 Å². The van der Waals surface area contributed by atoms with Crippen molar-refractivity contribution in [1.82, 2.24) is 4.98 Å².